The van der Waals surface area contributed by atoms with Gasteiger partial charge in [0.1, 0.15) is 6.04 Å². The molecular weight excluding hydrogens is 298 g/mol. The van der Waals surface area contributed by atoms with Crippen molar-refractivity contribution in [3.63, 3.8) is 0 Å². The molecule has 1 atom stereocenters. The molecule has 0 bridgehead atoms. The summed E-state index contributed by atoms with van der Waals surface area (Å²) in [6.07, 6.45) is -0.507. The van der Waals surface area contributed by atoms with Gasteiger partial charge in [-0.05, 0) is 30.7 Å². The lowest BCUT2D eigenvalue weighted by atomic mass is 10.2. The first kappa shape index (κ1) is 16.6. The van der Waals surface area contributed by atoms with Gasteiger partial charge in [-0.2, -0.15) is 9.98 Å². The molecule has 1 aromatic rings. The van der Waals surface area contributed by atoms with Crippen LogP contribution in [0.15, 0.2) is 29.2 Å². The van der Waals surface area contributed by atoms with Crippen LogP contribution in [0.2, 0.25) is 0 Å². The Hall–Kier alpha value is -2.44. The SMILES string of the molecule is N#Cc1ccc(S(=O)(=O)N[C@@H](CCC(N)=O)C(=O)O)cc1. The average Bonchev–Trinajstić information content (AvgIpc) is 2.43. The number of hydrogen-bond donors (Lipinski definition) is 3. The van der Waals surface area contributed by atoms with Crippen LogP contribution in [0, 0.1) is 11.3 Å². The summed E-state index contributed by atoms with van der Waals surface area (Å²) < 4.78 is 26.0. The summed E-state index contributed by atoms with van der Waals surface area (Å²) in [4.78, 5) is 21.5. The van der Waals surface area contributed by atoms with Crippen LogP contribution in [0.4, 0.5) is 0 Å². The van der Waals surface area contributed by atoms with Gasteiger partial charge < -0.3 is 10.8 Å². The number of sulfonamides is 1. The highest BCUT2D eigenvalue weighted by atomic mass is 32.2. The van der Waals surface area contributed by atoms with Crippen molar-refractivity contribution in [3.05, 3.63) is 29.8 Å². The molecule has 0 saturated carbocycles. The van der Waals surface area contributed by atoms with E-state index in [1.807, 2.05) is 10.8 Å². The molecule has 1 aromatic carbocycles. The summed E-state index contributed by atoms with van der Waals surface area (Å²) in [6, 6.07) is 5.35. The van der Waals surface area contributed by atoms with E-state index in [1.54, 1.807) is 0 Å². The third kappa shape index (κ3) is 4.87. The Morgan fingerprint density at radius 3 is 2.33 bits per heavy atom. The molecule has 0 aliphatic carbocycles. The normalized spacial score (nSPS) is 12.3. The van der Waals surface area contributed by atoms with Crippen LogP contribution in [0.3, 0.4) is 0 Å². The molecule has 9 heteroatoms. The van der Waals surface area contributed by atoms with E-state index in [-0.39, 0.29) is 23.3 Å². The molecular formula is C12H13N3O5S. The van der Waals surface area contributed by atoms with Crippen molar-refractivity contribution in [1.29, 1.82) is 5.26 Å². The molecule has 112 valence electrons. The second-order valence-electron chi connectivity index (χ2n) is 4.15. The Labute approximate surface area is 121 Å². The van der Waals surface area contributed by atoms with Crippen LogP contribution in [0.5, 0.6) is 0 Å². The van der Waals surface area contributed by atoms with Gasteiger partial charge in [-0.3, -0.25) is 9.59 Å². The van der Waals surface area contributed by atoms with Crippen molar-refractivity contribution < 1.29 is 23.1 Å². The van der Waals surface area contributed by atoms with Crippen LogP contribution in [-0.4, -0.2) is 31.4 Å². The summed E-state index contributed by atoms with van der Waals surface area (Å²) in [5.41, 5.74) is 5.18. The fourth-order valence-electron chi connectivity index (χ4n) is 1.48. The minimum absolute atomic E-state index is 0.174. The first-order valence-electron chi connectivity index (χ1n) is 5.80. The standard InChI is InChI=1S/C12H13N3O5S/c13-7-8-1-3-9(4-2-8)21(19,20)15-10(12(17)18)5-6-11(14)16/h1-4,10,15H,5-6H2,(H2,14,16)(H,17,18)/t10-/m0/s1. The predicted octanol–water partition coefficient (Wildman–Crippen LogP) is -0.445. The van der Waals surface area contributed by atoms with Crippen LogP contribution in [-0.2, 0) is 19.6 Å². The second kappa shape index (κ2) is 6.83. The number of amides is 1. The highest BCUT2D eigenvalue weighted by Crippen LogP contribution is 2.12. The first-order valence-corrected chi connectivity index (χ1v) is 7.28. The van der Waals surface area contributed by atoms with Gasteiger partial charge in [0.25, 0.3) is 0 Å². The molecule has 1 amide bonds. The summed E-state index contributed by atoms with van der Waals surface area (Å²) >= 11 is 0. The van der Waals surface area contributed by atoms with Gasteiger partial charge >= 0.3 is 5.97 Å². The average molecular weight is 311 g/mol. The van der Waals surface area contributed by atoms with Gasteiger partial charge in [0.15, 0.2) is 0 Å². The number of aliphatic carboxylic acids is 1. The summed E-state index contributed by atoms with van der Waals surface area (Å²) in [6.45, 7) is 0. The number of nitriles is 1. The third-order valence-electron chi connectivity index (χ3n) is 2.57. The van der Waals surface area contributed by atoms with Gasteiger partial charge in [0.05, 0.1) is 16.5 Å². The van der Waals surface area contributed by atoms with Gasteiger partial charge in [-0.15, -0.1) is 0 Å². The number of nitrogens with two attached hydrogens (primary N) is 1. The lowest BCUT2D eigenvalue weighted by molar-refractivity contribution is -0.139. The van der Waals surface area contributed by atoms with E-state index in [1.165, 1.54) is 24.3 Å². The molecule has 0 radical (unpaired) electrons. The van der Waals surface area contributed by atoms with Crippen LogP contribution in [0.25, 0.3) is 0 Å². The molecule has 8 nitrogen and oxygen atoms in total. The Morgan fingerprint density at radius 2 is 1.90 bits per heavy atom. The first-order chi connectivity index (χ1) is 9.76. The molecule has 0 fully saturated rings. The smallest absolute Gasteiger partial charge is 0.321 e. The monoisotopic (exact) mass is 311 g/mol. The number of nitrogens with one attached hydrogen (secondary N) is 1. The molecule has 1 rings (SSSR count). The molecule has 0 aromatic heterocycles. The predicted molar refractivity (Wildman–Crippen MR) is 71.3 cm³/mol. The number of carbonyl (C=O) groups excluding carboxylic acids is 1. The Bertz CT molecular complexity index is 676. The van der Waals surface area contributed by atoms with Crippen molar-refractivity contribution in [2.45, 2.75) is 23.8 Å². The van der Waals surface area contributed by atoms with Crippen molar-refractivity contribution in [2.24, 2.45) is 5.73 Å². The zero-order valence-electron chi connectivity index (χ0n) is 10.8. The maximum atomic E-state index is 12.0. The quantitative estimate of drug-likeness (QED) is 0.620. The summed E-state index contributed by atoms with van der Waals surface area (Å²) in [5, 5.41) is 17.6. The van der Waals surface area contributed by atoms with E-state index in [0.29, 0.717) is 0 Å². The van der Waals surface area contributed by atoms with Crippen molar-refractivity contribution >= 4 is 21.9 Å². The molecule has 4 N–H and O–H groups in total. The Balaban J connectivity index is 2.92. The molecule has 0 heterocycles. The zero-order chi connectivity index (χ0) is 16.0. The summed E-state index contributed by atoms with van der Waals surface area (Å²) in [7, 11) is -4.07. The van der Waals surface area contributed by atoms with Crippen molar-refractivity contribution in [3.8, 4) is 6.07 Å². The number of primary amides is 1. The summed E-state index contributed by atoms with van der Waals surface area (Å²) in [5.74, 6) is -2.13. The minimum atomic E-state index is -4.07. The number of carbonyl (C=O) groups is 2. The van der Waals surface area contributed by atoms with E-state index in [4.69, 9.17) is 16.1 Å². The third-order valence-corrected chi connectivity index (χ3v) is 4.06. The van der Waals surface area contributed by atoms with Crippen LogP contribution < -0.4 is 10.5 Å². The van der Waals surface area contributed by atoms with E-state index >= 15 is 0 Å². The number of rotatable bonds is 7. The number of carboxylic acid groups (broad SMARTS) is 1. The molecule has 0 aliphatic rings. The molecule has 0 spiro atoms. The molecule has 0 unspecified atom stereocenters. The Morgan fingerprint density at radius 1 is 1.33 bits per heavy atom. The topological polar surface area (TPSA) is 150 Å². The fourth-order valence-corrected chi connectivity index (χ4v) is 2.71. The highest BCUT2D eigenvalue weighted by molar-refractivity contribution is 7.89. The van der Waals surface area contributed by atoms with E-state index < -0.39 is 27.9 Å². The maximum absolute atomic E-state index is 12.0. The largest absolute Gasteiger partial charge is 0.480 e. The van der Waals surface area contributed by atoms with Gasteiger partial charge in [-0.25, -0.2) is 8.42 Å². The van der Waals surface area contributed by atoms with E-state index in [2.05, 4.69) is 0 Å². The second-order valence-corrected chi connectivity index (χ2v) is 5.87. The number of nitrogens with zero attached hydrogens (tertiary/aromatic N) is 1. The lowest BCUT2D eigenvalue weighted by Crippen LogP contribution is -2.41. The lowest BCUT2D eigenvalue weighted by Gasteiger charge is -2.14. The van der Waals surface area contributed by atoms with Gasteiger partial charge in [0, 0.05) is 6.42 Å². The number of hydrogen-bond acceptors (Lipinski definition) is 5. The van der Waals surface area contributed by atoms with Crippen LogP contribution in [0.1, 0.15) is 18.4 Å². The van der Waals surface area contributed by atoms with Crippen molar-refractivity contribution in [1.82, 2.24) is 4.72 Å². The Kier molecular flexibility index (Phi) is 5.40. The molecule has 0 saturated heterocycles. The van der Waals surface area contributed by atoms with Gasteiger partial charge in [-0.1, -0.05) is 0 Å². The minimum Gasteiger partial charge on any atom is -0.480 e. The van der Waals surface area contributed by atoms with E-state index in [0.717, 1.165) is 0 Å². The highest BCUT2D eigenvalue weighted by Gasteiger charge is 2.25. The van der Waals surface area contributed by atoms with Crippen LogP contribution >= 0.6 is 0 Å². The zero-order valence-corrected chi connectivity index (χ0v) is 11.6. The number of benzene rings is 1. The van der Waals surface area contributed by atoms with E-state index in [9.17, 15) is 18.0 Å². The molecule has 21 heavy (non-hydrogen) atoms. The fraction of sp³-hybridized carbons (Fsp3) is 0.250. The molecule has 0 aliphatic heterocycles. The van der Waals surface area contributed by atoms with Crippen molar-refractivity contribution in [2.75, 3.05) is 0 Å². The number of carboxylic acids is 1. The van der Waals surface area contributed by atoms with Gasteiger partial charge in [0.2, 0.25) is 15.9 Å². The maximum Gasteiger partial charge on any atom is 0.321 e.